The van der Waals surface area contributed by atoms with Crippen molar-refractivity contribution >= 4 is 0 Å². The highest BCUT2D eigenvalue weighted by Gasteiger charge is 2.34. The number of hydrogen-bond donors (Lipinski definition) is 1. The fraction of sp³-hybridized carbons (Fsp3) is 0.727. The summed E-state index contributed by atoms with van der Waals surface area (Å²) in [5, 5.41) is 10.1. The molecule has 1 heterocycles. The number of aliphatic hydroxyl groups is 1. The predicted octanol–water partition coefficient (Wildman–Crippen LogP) is 6.10. The molecule has 1 aromatic carbocycles. The van der Waals surface area contributed by atoms with Gasteiger partial charge in [0.2, 0.25) is 5.82 Å². The van der Waals surface area contributed by atoms with Crippen LogP contribution < -0.4 is 4.74 Å². The first-order valence-electron chi connectivity index (χ1n) is 10.4. The van der Waals surface area contributed by atoms with Crippen molar-refractivity contribution < 1.29 is 18.6 Å². The van der Waals surface area contributed by atoms with E-state index in [-0.39, 0.29) is 17.4 Å². The van der Waals surface area contributed by atoms with E-state index in [0.717, 1.165) is 31.6 Å². The van der Waals surface area contributed by atoms with Gasteiger partial charge in [0.05, 0.1) is 6.10 Å². The Morgan fingerprint density at radius 3 is 2.46 bits per heavy atom. The molecule has 2 atom stereocenters. The van der Waals surface area contributed by atoms with Crippen molar-refractivity contribution in [2.24, 2.45) is 11.8 Å². The van der Waals surface area contributed by atoms with Gasteiger partial charge in [-0.3, -0.25) is 0 Å². The van der Waals surface area contributed by atoms with Gasteiger partial charge >= 0.3 is 0 Å². The van der Waals surface area contributed by atoms with Gasteiger partial charge in [-0.2, -0.15) is 4.39 Å². The van der Waals surface area contributed by atoms with Crippen molar-refractivity contribution in [2.45, 2.75) is 90.3 Å². The van der Waals surface area contributed by atoms with E-state index in [4.69, 9.17) is 4.74 Å². The Morgan fingerprint density at radius 2 is 1.81 bits per heavy atom. The molecule has 0 aromatic heterocycles. The molecule has 146 valence electrons. The van der Waals surface area contributed by atoms with Gasteiger partial charge < -0.3 is 9.84 Å². The summed E-state index contributed by atoms with van der Waals surface area (Å²) in [5.41, 5.74) is 0.773. The smallest absolute Gasteiger partial charge is 0.201 e. The zero-order valence-electron chi connectivity index (χ0n) is 16.1. The highest BCUT2D eigenvalue weighted by atomic mass is 19.2. The maximum Gasteiger partial charge on any atom is 0.201 e. The van der Waals surface area contributed by atoms with Crippen LogP contribution in [0.4, 0.5) is 8.78 Å². The van der Waals surface area contributed by atoms with Gasteiger partial charge in [-0.05, 0) is 55.6 Å². The molecule has 2 aliphatic rings. The molecular formula is C22H32F2O2. The SMILES string of the molecule is CCCC1CCC(C2CCc3cc(C(O)CCC)c(F)c(F)c3O2)CC1. The van der Waals surface area contributed by atoms with Crippen LogP contribution in [0.1, 0.15) is 88.9 Å². The largest absolute Gasteiger partial charge is 0.487 e. The molecular weight excluding hydrogens is 334 g/mol. The molecule has 1 aromatic rings. The number of halogens is 2. The lowest BCUT2D eigenvalue weighted by Gasteiger charge is -2.37. The summed E-state index contributed by atoms with van der Waals surface area (Å²) in [4.78, 5) is 0. The van der Waals surface area contributed by atoms with E-state index in [1.807, 2.05) is 6.92 Å². The van der Waals surface area contributed by atoms with Crippen molar-refractivity contribution in [2.75, 3.05) is 0 Å². The highest BCUT2D eigenvalue weighted by molar-refractivity contribution is 5.42. The topological polar surface area (TPSA) is 29.5 Å². The van der Waals surface area contributed by atoms with E-state index < -0.39 is 17.7 Å². The van der Waals surface area contributed by atoms with Crippen molar-refractivity contribution in [3.63, 3.8) is 0 Å². The Balaban J connectivity index is 1.72. The maximum atomic E-state index is 14.6. The number of aryl methyl sites for hydroxylation is 1. The van der Waals surface area contributed by atoms with Crippen LogP contribution in [-0.4, -0.2) is 11.2 Å². The standard InChI is InChI=1S/C22H32F2O2/c1-3-5-14-7-9-15(10-8-14)19-12-11-16-13-17(18(25)6-4-2)20(23)21(24)22(16)26-19/h13-15,18-19,25H,3-12H2,1-2H3. The number of aliphatic hydroxyl groups excluding tert-OH is 1. The normalized spacial score (nSPS) is 26.9. The number of ether oxygens (including phenoxy) is 1. The van der Waals surface area contributed by atoms with Gasteiger partial charge in [0.15, 0.2) is 11.6 Å². The lowest BCUT2D eigenvalue weighted by molar-refractivity contribution is 0.0704. The first kappa shape index (κ1) is 19.6. The Hall–Kier alpha value is -1.16. The van der Waals surface area contributed by atoms with Crippen LogP contribution in [0.3, 0.4) is 0 Å². The second-order valence-corrected chi connectivity index (χ2v) is 8.15. The van der Waals surface area contributed by atoms with E-state index in [0.29, 0.717) is 24.3 Å². The molecule has 0 amide bonds. The van der Waals surface area contributed by atoms with Crippen LogP contribution in [0.5, 0.6) is 5.75 Å². The maximum absolute atomic E-state index is 14.6. The van der Waals surface area contributed by atoms with E-state index in [2.05, 4.69) is 6.92 Å². The van der Waals surface area contributed by atoms with Crippen LogP contribution in [-0.2, 0) is 6.42 Å². The lowest BCUT2D eigenvalue weighted by Crippen LogP contribution is -2.34. The Kier molecular flexibility index (Phi) is 6.55. The lowest BCUT2D eigenvalue weighted by atomic mass is 9.76. The summed E-state index contributed by atoms with van der Waals surface area (Å²) < 4.78 is 35.1. The van der Waals surface area contributed by atoms with Crippen molar-refractivity contribution in [3.05, 3.63) is 28.8 Å². The number of hydrogen-bond acceptors (Lipinski definition) is 2. The molecule has 4 heteroatoms. The van der Waals surface area contributed by atoms with Crippen LogP contribution >= 0.6 is 0 Å². The quantitative estimate of drug-likeness (QED) is 0.659. The average molecular weight is 366 g/mol. The van der Waals surface area contributed by atoms with E-state index in [9.17, 15) is 13.9 Å². The summed E-state index contributed by atoms with van der Waals surface area (Å²) in [5.74, 6) is -0.510. The van der Waals surface area contributed by atoms with Crippen molar-refractivity contribution in [1.29, 1.82) is 0 Å². The number of benzene rings is 1. The summed E-state index contributed by atoms with van der Waals surface area (Å²) in [6, 6.07) is 1.61. The minimum atomic E-state index is -0.952. The third-order valence-electron chi connectivity index (χ3n) is 6.27. The molecule has 3 rings (SSSR count). The molecule has 1 saturated carbocycles. The molecule has 1 aliphatic heterocycles. The Bertz CT molecular complexity index is 609. The van der Waals surface area contributed by atoms with Crippen molar-refractivity contribution in [3.8, 4) is 5.75 Å². The first-order valence-corrected chi connectivity index (χ1v) is 10.4. The van der Waals surface area contributed by atoms with Gasteiger partial charge in [0, 0.05) is 5.56 Å². The molecule has 1 aliphatic carbocycles. The Labute approximate surface area is 155 Å². The molecule has 2 nitrogen and oxygen atoms in total. The highest BCUT2D eigenvalue weighted by Crippen LogP contribution is 2.41. The van der Waals surface area contributed by atoms with Gasteiger partial charge in [-0.1, -0.05) is 46.0 Å². The van der Waals surface area contributed by atoms with E-state index >= 15 is 0 Å². The fourth-order valence-corrected chi connectivity index (χ4v) is 4.77. The summed E-state index contributed by atoms with van der Waals surface area (Å²) >= 11 is 0. The number of fused-ring (bicyclic) bond motifs is 1. The summed E-state index contributed by atoms with van der Waals surface area (Å²) in [7, 11) is 0. The second-order valence-electron chi connectivity index (χ2n) is 8.15. The minimum Gasteiger partial charge on any atom is -0.487 e. The fourth-order valence-electron chi connectivity index (χ4n) is 4.77. The molecule has 1 N–H and O–H groups in total. The Morgan fingerprint density at radius 1 is 1.08 bits per heavy atom. The van der Waals surface area contributed by atoms with Crippen LogP contribution in [0.2, 0.25) is 0 Å². The van der Waals surface area contributed by atoms with Gasteiger partial charge in [-0.15, -0.1) is 0 Å². The summed E-state index contributed by atoms with van der Waals surface area (Å²) in [6.07, 6.45) is 8.97. The molecule has 26 heavy (non-hydrogen) atoms. The van der Waals surface area contributed by atoms with Crippen molar-refractivity contribution in [1.82, 2.24) is 0 Å². The molecule has 0 bridgehead atoms. The molecule has 1 fully saturated rings. The van der Waals surface area contributed by atoms with E-state index in [1.54, 1.807) is 6.07 Å². The molecule has 0 saturated heterocycles. The minimum absolute atomic E-state index is 0.00890. The van der Waals surface area contributed by atoms with Crippen LogP contribution in [0.15, 0.2) is 6.07 Å². The van der Waals surface area contributed by atoms with Crippen LogP contribution in [0, 0.1) is 23.5 Å². The first-order chi connectivity index (χ1) is 12.5. The second kappa shape index (κ2) is 8.69. The third-order valence-corrected chi connectivity index (χ3v) is 6.27. The van der Waals surface area contributed by atoms with Gasteiger partial charge in [-0.25, -0.2) is 4.39 Å². The summed E-state index contributed by atoms with van der Waals surface area (Å²) in [6.45, 7) is 4.15. The predicted molar refractivity (Wildman–Crippen MR) is 99.3 cm³/mol. The van der Waals surface area contributed by atoms with Gasteiger partial charge in [0.25, 0.3) is 0 Å². The van der Waals surface area contributed by atoms with E-state index in [1.165, 1.54) is 25.7 Å². The monoisotopic (exact) mass is 366 g/mol. The average Bonchev–Trinajstić information content (AvgIpc) is 2.65. The molecule has 0 spiro atoms. The molecule has 0 radical (unpaired) electrons. The third kappa shape index (κ3) is 4.05. The number of rotatable bonds is 6. The van der Waals surface area contributed by atoms with Gasteiger partial charge in [0.1, 0.15) is 6.10 Å². The zero-order chi connectivity index (χ0) is 18.7. The zero-order valence-corrected chi connectivity index (χ0v) is 16.1. The molecule has 2 unspecified atom stereocenters. The van der Waals surface area contributed by atoms with Crippen LogP contribution in [0.25, 0.3) is 0 Å².